The average molecular weight is 1510 g/mol. The summed E-state index contributed by atoms with van der Waals surface area (Å²) in [6, 6.07) is 28.1. The summed E-state index contributed by atoms with van der Waals surface area (Å²) in [4.78, 5) is 5.59. The van der Waals surface area contributed by atoms with Crippen LogP contribution in [0.1, 0.15) is 326 Å². The minimum atomic E-state index is -0.341. The lowest BCUT2D eigenvalue weighted by molar-refractivity contribution is 0.00578. The van der Waals surface area contributed by atoms with Crippen LogP contribution < -0.4 is 9.80 Å². The molecule has 1 saturated carbocycles. The van der Waals surface area contributed by atoms with Gasteiger partial charge in [0.15, 0.2) is 0 Å². The highest BCUT2D eigenvalue weighted by Gasteiger charge is 2.55. The quantitative estimate of drug-likeness (QED) is 0.0410. The van der Waals surface area contributed by atoms with Gasteiger partial charge in [-0.25, -0.2) is 0 Å². The maximum absolute atomic E-state index is 6.60. The van der Waals surface area contributed by atoms with Crippen LogP contribution in [-0.4, -0.2) is 48.7 Å². The Balaban J connectivity index is 0.781. The maximum Gasteiger partial charge on any atom is 0.465 e. The van der Waals surface area contributed by atoms with E-state index < -0.39 is 0 Å². The van der Waals surface area contributed by atoms with Crippen LogP contribution in [0.3, 0.4) is 0 Å². The molecule has 15 unspecified atom stereocenters. The number of nitrogens with zero attached hydrogens (tertiary/aromatic N) is 2. The van der Waals surface area contributed by atoms with Crippen molar-refractivity contribution in [1.29, 1.82) is 0 Å². The van der Waals surface area contributed by atoms with E-state index in [0.29, 0.717) is 88.8 Å². The minimum Gasteiger partial charge on any atom is -0.403 e. The van der Waals surface area contributed by atoms with Gasteiger partial charge in [-0.3, -0.25) is 0 Å². The van der Waals surface area contributed by atoms with E-state index in [1.807, 2.05) is 0 Å². The van der Waals surface area contributed by atoms with Crippen molar-refractivity contribution in [2.75, 3.05) is 9.80 Å². The van der Waals surface area contributed by atoms with Crippen molar-refractivity contribution in [3.63, 3.8) is 0 Å². The van der Waals surface area contributed by atoms with E-state index in [1.54, 1.807) is 33.6 Å². The van der Waals surface area contributed by atoms with E-state index in [4.69, 9.17) is 18.6 Å². The van der Waals surface area contributed by atoms with Crippen LogP contribution in [0.5, 0.6) is 0 Å². The first-order valence-electron chi connectivity index (χ1n) is 46.0. The summed E-state index contributed by atoms with van der Waals surface area (Å²) in [5.74, 6) is 8.28. The molecule has 2 aliphatic heterocycles. The third kappa shape index (κ3) is 19.1. The summed E-state index contributed by atoms with van der Waals surface area (Å²) in [5, 5.41) is 0. The van der Waals surface area contributed by atoms with Gasteiger partial charge in [0, 0.05) is 40.3 Å². The molecular weight excluding hydrogens is 1360 g/mol. The molecule has 3 fully saturated rings. The number of hydrogen-bond acceptors (Lipinski definition) is 6. The van der Waals surface area contributed by atoms with Crippen LogP contribution in [0.4, 0.5) is 17.1 Å². The number of allylic oxidation sites excluding steroid dienone is 18. The summed E-state index contributed by atoms with van der Waals surface area (Å²) >= 11 is 0. The molecule has 0 bridgehead atoms. The van der Waals surface area contributed by atoms with Crippen LogP contribution in [0.25, 0.3) is 5.57 Å². The zero-order chi connectivity index (χ0) is 79.6. The van der Waals surface area contributed by atoms with E-state index >= 15 is 0 Å². The molecule has 112 heavy (non-hydrogen) atoms. The van der Waals surface area contributed by atoms with Crippen molar-refractivity contribution in [2.24, 2.45) is 65.1 Å². The van der Waals surface area contributed by atoms with Crippen molar-refractivity contribution < 1.29 is 18.6 Å². The first-order chi connectivity index (χ1) is 53.5. The number of anilines is 3. The molecule has 13 rings (SSSR count). The molecule has 2 saturated heterocycles. The van der Waals surface area contributed by atoms with Gasteiger partial charge < -0.3 is 28.4 Å². The van der Waals surface area contributed by atoms with E-state index in [1.165, 1.54) is 172 Å². The third-order valence-corrected chi connectivity index (χ3v) is 30.2. The second kappa shape index (κ2) is 36.2. The zero-order valence-electron chi connectivity index (χ0n) is 74.0. The van der Waals surface area contributed by atoms with Gasteiger partial charge in [-0.1, -0.05) is 250 Å². The molecular formula is C104H150B2N2O4. The van der Waals surface area contributed by atoms with E-state index in [2.05, 4.69) is 288 Å². The Hall–Kier alpha value is -5.37. The summed E-state index contributed by atoms with van der Waals surface area (Å²) in [6.07, 6.45) is 61.6. The van der Waals surface area contributed by atoms with E-state index in [0.717, 1.165) is 38.5 Å². The van der Waals surface area contributed by atoms with Gasteiger partial charge in [-0.05, 0) is 321 Å². The van der Waals surface area contributed by atoms with Crippen LogP contribution in [0.2, 0.25) is 11.6 Å². The first-order valence-corrected chi connectivity index (χ1v) is 46.0. The largest absolute Gasteiger partial charge is 0.465 e. The lowest BCUT2D eigenvalue weighted by Crippen LogP contribution is -2.41. The molecule has 0 N–H and O–H groups in total. The van der Waals surface area contributed by atoms with E-state index in [9.17, 15) is 0 Å². The fourth-order valence-corrected chi connectivity index (χ4v) is 22.9. The highest BCUT2D eigenvalue weighted by atomic mass is 16.7. The smallest absolute Gasteiger partial charge is 0.403 e. The van der Waals surface area contributed by atoms with Gasteiger partial charge in [0.1, 0.15) is 0 Å². The molecule has 0 radical (unpaired) electrons. The van der Waals surface area contributed by atoms with Crippen LogP contribution in [0.15, 0.2) is 179 Å². The molecule has 3 aromatic rings. The normalized spacial score (nSPS) is 31.0. The molecule has 0 amide bonds. The molecule has 606 valence electrons. The van der Waals surface area contributed by atoms with Gasteiger partial charge >= 0.3 is 14.2 Å². The van der Waals surface area contributed by atoms with Crippen molar-refractivity contribution in [3.8, 4) is 0 Å². The van der Waals surface area contributed by atoms with Crippen molar-refractivity contribution in [3.05, 3.63) is 201 Å². The van der Waals surface area contributed by atoms with E-state index in [-0.39, 0.29) is 48.5 Å². The van der Waals surface area contributed by atoms with Gasteiger partial charge in [0.05, 0.1) is 34.5 Å². The Bertz CT molecular complexity index is 4000. The molecule has 3 aromatic carbocycles. The Morgan fingerprint density at radius 2 is 1.13 bits per heavy atom. The highest BCUT2D eigenvalue weighted by Crippen LogP contribution is 2.56. The highest BCUT2D eigenvalue weighted by molar-refractivity contribution is 6.48. The van der Waals surface area contributed by atoms with Crippen LogP contribution >= 0.6 is 0 Å². The predicted molar refractivity (Wildman–Crippen MR) is 480 cm³/mol. The topological polar surface area (TPSA) is 43.4 Å². The van der Waals surface area contributed by atoms with Crippen LogP contribution in [-0.2, 0) is 18.6 Å². The van der Waals surface area contributed by atoms with Crippen molar-refractivity contribution >= 4 is 36.9 Å². The Morgan fingerprint density at radius 1 is 0.527 bits per heavy atom. The summed E-state index contributed by atoms with van der Waals surface area (Å²) in [7, 11) is -0.407. The number of unbranched alkanes of at least 4 members (excludes halogenated alkanes) is 6. The molecule has 8 aliphatic carbocycles. The number of rotatable bonds is 28. The van der Waals surface area contributed by atoms with Crippen molar-refractivity contribution in [2.45, 2.75) is 357 Å². The SMILES string of the molecule is CCCCCCC1CC(C2CCC(N(c3ccc(C4=CCC(B5OC(C)(C)C(C)(C)O5)C=C4)cc3)c3ccc(C4C(C)=CC(CC(C)C)=CC4C)cc3)C=C2C)C(CCCCCC)CC1c1ccc(N(C2=CCC(C3=C(C)C=C(CC(C)C)CC3C)CC2)C2C=CC(C3C=CC(B4OC(C)(C)C(C)(C)O4)CC3)CC2)cc1C. The average Bonchev–Trinajstić information content (AvgIpc) is 1.76. The molecule has 0 aromatic heterocycles. The first kappa shape index (κ1) is 84.5. The maximum atomic E-state index is 6.60. The summed E-state index contributed by atoms with van der Waals surface area (Å²) < 4.78 is 26.3. The minimum absolute atomic E-state index is 0.166. The number of aryl methyl sites for hydroxylation is 1. The fourth-order valence-electron chi connectivity index (χ4n) is 22.9. The van der Waals surface area contributed by atoms with Gasteiger partial charge in [-0.15, -0.1) is 0 Å². The molecule has 0 spiro atoms. The zero-order valence-corrected chi connectivity index (χ0v) is 74.0. The number of hydrogen-bond donors (Lipinski definition) is 0. The Labute approximate surface area is 684 Å². The van der Waals surface area contributed by atoms with Crippen molar-refractivity contribution in [1.82, 2.24) is 0 Å². The molecule has 8 heteroatoms. The fraction of sp³-hybridized carbons (Fsp3) is 0.635. The second-order valence-corrected chi connectivity index (χ2v) is 40.6. The third-order valence-electron chi connectivity index (χ3n) is 30.2. The Morgan fingerprint density at radius 3 is 1.68 bits per heavy atom. The molecule has 6 nitrogen and oxygen atoms in total. The molecule has 2 heterocycles. The van der Waals surface area contributed by atoms with Crippen LogP contribution in [0, 0.1) is 72.0 Å². The summed E-state index contributed by atoms with van der Waals surface area (Å²) in [5.41, 5.74) is 21.0. The lowest BCUT2D eigenvalue weighted by Gasteiger charge is -2.48. The monoisotopic (exact) mass is 1510 g/mol. The number of benzene rings is 3. The molecule has 15 atom stereocenters. The Kier molecular flexibility index (Phi) is 27.4. The second-order valence-electron chi connectivity index (χ2n) is 40.6. The lowest BCUT2D eigenvalue weighted by atomic mass is 9.58. The van der Waals surface area contributed by atoms with Gasteiger partial charge in [0.2, 0.25) is 0 Å². The molecule has 10 aliphatic rings. The predicted octanol–water partition coefficient (Wildman–Crippen LogP) is 29.3. The summed E-state index contributed by atoms with van der Waals surface area (Å²) in [6.45, 7) is 46.5. The van der Waals surface area contributed by atoms with Gasteiger partial charge in [0.25, 0.3) is 0 Å². The standard InChI is InChI=1S/C104H150B2N2O4/c1-21-23-25-27-29-85-67-98(96-58-56-94(66-72(96)8)108(92-53-41-84(42-54-92)100-75(11)63-78(60-70(5)6)64-76(100)12)90-49-37-82(38-50-90)80-33-45-88(46-34-80)106-111-103(17,18)104(19,20)112-106)86(30-28-26-24-22-2)68-97(85)95-57-55-93(65-71(95)7)107(91-51-39-83(40-52-91)99-73(9)61-77(59-69(3)4)62-74(99)10)89-47-35-81(36-48-89)79-31-43-87(44-32-79)105-109-101(13,14)102(15,16)110-105/h31-33,35-37,39-40,43,45,47-49,51-53,56,58,61-63,65-66,69-70,73,76,80,82,84-88,90,93,95,97-99H,21-30,34,38,41-42,44,46,50,54-55,57,59-60,64,67-68H2,1-20H3. The van der Waals surface area contributed by atoms with Gasteiger partial charge in [-0.2, -0.15) is 0 Å².